The number of aliphatic imine (C=N–C) groups is 1. The van der Waals surface area contributed by atoms with Crippen LogP contribution in [0.2, 0.25) is 0 Å². The first-order chi connectivity index (χ1) is 11.7. The van der Waals surface area contributed by atoms with Gasteiger partial charge < -0.3 is 20.1 Å². The third-order valence-corrected chi connectivity index (χ3v) is 3.61. The summed E-state index contributed by atoms with van der Waals surface area (Å²) in [6.45, 7) is 1.86. The van der Waals surface area contributed by atoms with Gasteiger partial charge in [-0.2, -0.15) is 0 Å². The fourth-order valence-electron chi connectivity index (χ4n) is 2.34. The maximum absolute atomic E-state index is 12.9. The number of guanidine groups is 1. The molecule has 0 saturated carbocycles. The molecule has 0 aromatic heterocycles. The van der Waals surface area contributed by atoms with E-state index in [1.54, 1.807) is 19.2 Å². The Bertz CT molecular complexity index is 723. The minimum absolute atomic E-state index is 0. The van der Waals surface area contributed by atoms with Gasteiger partial charge in [0.25, 0.3) is 0 Å². The Morgan fingerprint density at radius 2 is 1.80 bits per heavy atom. The highest BCUT2D eigenvalue weighted by Crippen LogP contribution is 2.32. The summed E-state index contributed by atoms with van der Waals surface area (Å²) in [6, 6.07) is 12.1. The third kappa shape index (κ3) is 5.48. The molecule has 7 heteroatoms. The topological polar surface area (TPSA) is 54.9 Å². The van der Waals surface area contributed by atoms with Gasteiger partial charge in [0, 0.05) is 31.8 Å². The lowest BCUT2D eigenvalue weighted by molar-refractivity contribution is 0.297. The van der Waals surface area contributed by atoms with Crippen molar-refractivity contribution in [3.63, 3.8) is 0 Å². The lowest BCUT2D eigenvalue weighted by Gasteiger charge is -2.14. The van der Waals surface area contributed by atoms with Crippen LogP contribution in [-0.4, -0.2) is 26.2 Å². The van der Waals surface area contributed by atoms with Crippen molar-refractivity contribution in [3.8, 4) is 11.5 Å². The summed E-state index contributed by atoms with van der Waals surface area (Å²) in [5.74, 6) is 1.86. The zero-order valence-corrected chi connectivity index (χ0v) is 16.3. The van der Waals surface area contributed by atoms with Crippen LogP contribution >= 0.6 is 24.0 Å². The van der Waals surface area contributed by atoms with E-state index in [-0.39, 0.29) is 29.8 Å². The molecule has 0 atom stereocenters. The number of nitrogens with zero attached hydrogens (tertiary/aromatic N) is 1. The molecular weight excluding hydrogens is 436 g/mol. The fourth-order valence-corrected chi connectivity index (χ4v) is 2.34. The Labute approximate surface area is 163 Å². The first-order valence-corrected chi connectivity index (χ1v) is 7.86. The monoisotopic (exact) mass is 457 g/mol. The molecule has 0 aliphatic carbocycles. The Balaban J connectivity index is 0.00000225. The lowest BCUT2D eigenvalue weighted by atomic mass is 10.2. The van der Waals surface area contributed by atoms with E-state index in [1.165, 1.54) is 12.1 Å². The molecule has 2 aromatic rings. The highest BCUT2D eigenvalue weighted by atomic mass is 127. The minimum Gasteiger partial charge on any atom is -0.490 e. The van der Waals surface area contributed by atoms with E-state index in [4.69, 9.17) is 9.47 Å². The third-order valence-electron chi connectivity index (χ3n) is 3.61. The van der Waals surface area contributed by atoms with Gasteiger partial charge in [0.05, 0.1) is 13.2 Å². The zero-order chi connectivity index (χ0) is 16.8. The first kappa shape index (κ1) is 19.3. The Morgan fingerprint density at radius 1 is 1.08 bits per heavy atom. The van der Waals surface area contributed by atoms with Gasteiger partial charge >= 0.3 is 0 Å². The van der Waals surface area contributed by atoms with E-state index in [2.05, 4.69) is 15.6 Å². The van der Waals surface area contributed by atoms with Gasteiger partial charge in [-0.25, -0.2) is 4.39 Å². The van der Waals surface area contributed by atoms with Gasteiger partial charge in [-0.15, -0.1) is 24.0 Å². The Hall–Kier alpha value is -2.03. The average Bonchev–Trinajstić information content (AvgIpc) is 2.85. The number of benzene rings is 2. The van der Waals surface area contributed by atoms with Crippen molar-refractivity contribution in [1.29, 1.82) is 0 Å². The van der Waals surface area contributed by atoms with E-state index in [0.29, 0.717) is 25.7 Å². The summed E-state index contributed by atoms with van der Waals surface area (Å²) in [7, 11) is 1.70. The average molecular weight is 457 g/mol. The van der Waals surface area contributed by atoms with Gasteiger partial charge in [-0.05, 0) is 29.8 Å². The molecule has 5 nitrogen and oxygen atoms in total. The molecular formula is C18H21FIN3O2. The van der Waals surface area contributed by atoms with Crippen LogP contribution in [0.15, 0.2) is 47.5 Å². The number of nitrogens with one attached hydrogen (secondary N) is 2. The molecule has 1 aliphatic heterocycles. The van der Waals surface area contributed by atoms with Gasteiger partial charge in [0.1, 0.15) is 5.82 Å². The number of hydrogen-bond acceptors (Lipinski definition) is 3. The summed E-state index contributed by atoms with van der Waals surface area (Å²) in [6.07, 6.45) is 0.873. The standard InChI is InChI=1S/C18H20FN3O2.HI/c1-20-18(21-12-13-3-5-14(19)6-4-13)22-15-7-8-16-17(11-15)24-10-2-9-23-16;/h3-8,11H,2,9-10,12H2,1H3,(H2,20,21,22);1H. The number of fused-ring (bicyclic) bond motifs is 1. The highest BCUT2D eigenvalue weighted by Gasteiger charge is 2.11. The number of rotatable bonds is 3. The largest absolute Gasteiger partial charge is 0.490 e. The van der Waals surface area contributed by atoms with Gasteiger partial charge in [0.15, 0.2) is 17.5 Å². The van der Waals surface area contributed by atoms with Crippen LogP contribution < -0.4 is 20.1 Å². The molecule has 25 heavy (non-hydrogen) atoms. The minimum atomic E-state index is -0.242. The molecule has 3 rings (SSSR count). The van der Waals surface area contributed by atoms with Crippen LogP contribution in [0.1, 0.15) is 12.0 Å². The predicted molar refractivity (Wildman–Crippen MR) is 108 cm³/mol. The smallest absolute Gasteiger partial charge is 0.195 e. The summed E-state index contributed by atoms with van der Waals surface area (Å²) < 4.78 is 24.2. The van der Waals surface area contributed by atoms with Crippen molar-refractivity contribution in [1.82, 2.24) is 5.32 Å². The summed E-state index contributed by atoms with van der Waals surface area (Å²) in [4.78, 5) is 4.19. The van der Waals surface area contributed by atoms with Crippen LogP contribution in [-0.2, 0) is 6.54 Å². The molecule has 0 bridgehead atoms. The molecule has 0 radical (unpaired) electrons. The van der Waals surface area contributed by atoms with Crippen molar-refractivity contribution in [2.75, 3.05) is 25.6 Å². The maximum atomic E-state index is 12.9. The van der Waals surface area contributed by atoms with Crippen LogP contribution in [0.5, 0.6) is 11.5 Å². The molecule has 0 saturated heterocycles. The first-order valence-electron chi connectivity index (χ1n) is 7.86. The van der Waals surface area contributed by atoms with E-state index in [1.807, 2.05) is 18.2 Å². The van der Waals surface area contributed by atoms with Crippen LogP contribution in [0, 0.1) is 5.82 Å². The molecule has 1 heterocycles. The lowest BCUT2D eigenvalue weighted by Crippen LogP contribution is -2.30. The summed E-state index contributed by atoms with van der Waals surface area (Å²) in [5, 5.41) is 6.40. The van der Waals surface area contributed by atoms with Crippen LogP contribution in [0.25, 0.3) is 0 Å². The molecule has 0 unspecified atom stereocenters. The second-order valence-corrected chi connectivity index (χ2v) is 5.39. The van der Waals surface area contributed by atoms with Crippen LogP contribution in [0.3, 0.4) is 0 Å². The van der Waals surface area contributed by atoms with E-state index in [0.717, 1.165) is 29.2 Å². The second-order valence-electron chi connectivity index (χ2n) is 5.39. The van der Waals surface area contributed by atoms with Crippen molar-refractivity contribution >= 4 is 35.6 Å². The van der Waals surface area contributed by atoms with Crippen LogP contribution in [0.4, 0.5) is 10.1 Å². The number of anilines is 1. The molecule has 0 spiro atoms. The van der Waals surface area contributed by atoms with E-state index < -0.39 is 0 Å². The summed E-state index contributed by atoms with van der Waals surface area (Å²) >= 11 is 0. The number of hydrogen-bond donors (Lipinski definition) is 2. The molecule has 0 fully saturated rings. The van der Waals surface area contributed by atoms with Crippen molar-refractivity contribution in [2.24, 2.45) is 4.99 Å². The number of halogens is 2. The van der Waals surface area contributed by atoms with Gasteiger partial charge in [-0.1, -0.05) is 12.1 Å². The van der Waals surface area contributed by atoms with Crippen molar-refractivity contribution in [2.45, 2.75) is 13.0 Å². The fraction of sp³-hybridized carbons (Fsp3) is 0.278. The SMILES string of the molecule is CN=C(NCc1ccc(F)cc1)Nc1ccc2c(c1)OCCCO2.I. The zero-order valence-electron chi connectivity index (χ0n) is 13.9. The summed E-state index contributed by atoms with van der Waals surface area (Å²) in [5.41, 5.74) is 1.82. The highest BCUT2D eigenvalue weighted by molar-refractivity contribution is 14.0. The molecule has 2 aromatic carbocycles. The Morgan fingerprint density at radius 3 is 2.52 bits per heavy atom. The molecule has 1 aliphatic rings. The Kier molecular flexibility index (Phi) is 7.30. The molecule has 134 valence electrons. The van der Waals surface area contributed by atoms with Gasteiger partial charge in [-0.3, -0.25) is 4.99 Å². The van der Waals surface area contributed by atoms with E-state index >= 15 is 0 Å². The number of ether oxygens (including phenoxy) is 2. The van der Waals surface area contributed by atoms with Crippen molar-refractivity contribution in [3.05, 3.63) is 53.8 Å². The second kappa shape index (κ2) is 9.45. The normalized spacial score (nSPS) is 13.4. The van der Waals surface area contributed by atoms with Crippen molar-refractivity contribution < 1.29 is 13.9 Å². The molecule has 0 amide bonds. The quantitative estimate of drug-likeness (QED) is 0.419. The maximum Gasteiger partial charge on any atom is 0.195 e. The molecule has 2 N–H and O–H groups in total. The predicted octanol–water partition coefficient (Wildman–Crippen LogP) is 3.79. The van der Waals surface area contributed by atoms with Gasteiger partial charge in [0.2, 0.25) is 0 Å². The van der Waals surface area contributed by atoms with E-state index in [9.17, 15) is 4.39 Å².